The van der Waals surface area contributed by atoms with E-state index in [9.17, 15) is 9.90 Å². The molecular formula is C17H19ClO4. The Kier molecular flexibility index (Phi) is 5.90. The largest absolute Gasteiger partial charge is 0.504 e. The molecule has 2 rings (SSSR count). The number of esters is 1. The lowest BCUT2D eigenvalue weighted by Gasteiger charge is -2.06. The van der Waals surface area contributed by atoms with E-state index in [1.807, 2.05) is 24.3 Å². The summed E-state index contributed by atoms with van der Waals surface area (Å²) in [4.78, 5) is 11.7. The van der Waals surface area contributed by atoms with Crippen molar-refractivity contribution in [2.24, 2.45) is 0 Å². The Morgan fingerprint density at radius 2 is 2.00 bits per heavy atom. The number of ether oxygens (including phenoxy) is 2. The number of aryl methyl sites for hydroxylation is 1. The van der Waals surface area contributed by atoms with Crippen LogP contribution in [0.5, 0.6) is 5.75 Å². The first kappa shape index (κ1) is 16.4. The van der Waals surface area contributed by atoms with Crippen molar-refractivity contribution >= 4 is 17.6 Å². The van der Waals surface area contributed by atoms with Crippen LogP contribution in [0.3, 0.4) is 0 Å². The molecule has 1 N–H and O–H groups in total. The number of hydrogen-bond donors (Lipinski definition) is 1. The van der Waals surface area contributed by atoms with Crippen molar-refractivity contribution < 1.29 is 19.4 Å². The highest BCUT2D eigenvalue weighted by Gasteiger charge is 2.28. The highest BCUT2D eigenvalue weighted by molar-refractivity contribution is 6.19. The van der Waals surface area contributed by atoms with Gasteiger partial charge in [0, 0.05) is 5.88 Å². The minimum atomic E-state index is -0.503. The monoisotopic (exact) mass is 322 g/mol. The van der Waals surface area contributed by atoms with E-state index in [4.69, 9.17) is 21.1 Å². The Hall–Kier alpha value is -1.94. The first-order chi connectivity index (χ1) is 10.7. The summed E-state index contributed by atoms with van der Waals surface area (Å²) in [6, 6.07) is 7.73. The Morgan fingerprint density at radius 3 is 2.64 bits per heavy atom. The number of cyclic esters (lactones) is 1. The molecule has 0 saturated carbocycles. The maximum atomic E-state index is 11.7. The molecule has 0 aromatic heterocycles. The molecule has 0 saturated heterocycles. The van der Waals surface area contributed by atoms with Gasteiger partial charge in [-0.25, -0.2) is 4.79 Å². The van der Waals surface area contributed by atoms with Crippen molar-refractivity contribution in [2.45, 2.75) is 26.2 Å². The van der Waals surface area contributed by atoms with E-state index < -0.39 is 5.97 Å². The summed E-state index contributed by atoms with van der Waals surface area (Å²) in [6.07, 6.45) is 3.49. The number of aliphatic hydroxyl groups excluding tert-OH is 1. The van der Waals surface area contributed by atoms with Crippen LogP contribution in [0.25, 0.3) is 0 Å². The second-order valence-electron chi connectivity index (χ2n) is 4.93. The molecule has 0 aliphatic carbocycles. The van der Waals surface area contributed by atoms with Crippen molar-refractivity contribution in [2.75, 3.05) is 12.5 Å². The molecule has 0 radical (unpaired) electrons. The van der Waals surface area contributed by atoms with Crippen LogP contribution in [0.15, 0.2) is 47.4 Å². The number of aliphatic hydroxyl groups is 1. The molecule has 0 amide bonds. The van der Waals surface area contributed by atoms with Gasteiger partial charge in [-0.15, -0.1) is 11.6 Å². The van der Waals surface area contributed by atoms with Crippen molar-refractivity contribution in [1.29, 1.82) is 0 Å². The minimum absolute atomic E-state index is 0.103. The number of alkyl halides is 1. The molecule has 0 spiro atoms. The zero-order valence-corrected chi connectivity index (χ0v) is 13.2. The molecule has 1 aliphatic heterocycles. The number of rotatable bonds is 7. The van der Waals surface area contributed by atoms with Gasteiger partial charge in [-0.3, -0.25) is 0 Å². The van der Waals surface area contributed by atoms with Crippen LogP contribution in [0.1, 0.15) is 25.3 Å². The normalized spacial score (nSPS) is 16.3. The fourth-order valence-electron chi connectivity index (χ4n) is 2.13. The number of benzene rings is 1. The van der Waals surface area contributed by atoms with Gasteiger partial charge in [0.15, 0.2) is 11.5 Å². The molecule has 0 bridgehead atoms. The molecule has 0 fully saturated rings. The summed E-state index contributed by atoms with van der Waals surface area (Å²) >= 11 is 5.55. The smallest absolute Gasteiger partial charge is 0.343 e. The Labute approximate surface area is 135 Å². The Morgan fingerprint density at radius 1 is 1.27 bits per heavy atom. The van der Waals surface area contributed by atoms with E-state index in [1.165, 1.54) is 6.08 Å². The number of hydrogen-bond acceptors (Lipinski definition) is 4. The molecule has 1 aliphatic rings. The predicted octanol–water partition coefficient (Wildman–Crippen LogP) is 3.90. The lowest BCUT2D eigenvalue weighted by Crippen LogP contribution is -2.01. The maximum Gasteiger partial charge on any atom is 0.343 e. The highest BCUT2D eigenvalue weighted by atomic mass is 35.5. The first-order valence-electron chi connectivity index (χ1n) is 7.28. The van der Waals surface area contributed by atoms with Crippen LogP contribution in [0.2, 0.25) is 0 Å². The van der Waals surface area contributed by atoms with E-state index in [-0.39, 0.29) is 17.4 Å². The van der Waals surface area contributed by atoms with Gasteiger partial charge in [0.25, 0.3) is 0 Å². The molecule has 118 valence electrons. The molecule has 5 heteroatoms. The number of allylic oxidation sites excluding steroid dienone is 1. The molecule has 22 heavy (non-hydrogen) atoms. The zero-order valence-electron chi connectivity index (χ0n) is 12.5. The fourth-order valence-corrected chi connectivity index (χ4v) is 2.27. The van der Waals surface area contributed by atoms with Crippen molar-refractivity contribution in [1.82, 2.24) is 0 Å². The van der Waals surface area contributed by atoms with E-state index in [0.29, 0.717) is 25.0 Å². The Bertz CT molecular complexity index is 587. The van der Waals surface area contributed by atoms with E-state index in [2.05, 4.69) is 6.92 Å². The summed E-state index contributed by atoms with van der Waals surface area (Å²) in [6.45, 7) is 2.75. The topological polar surface area (TPSA) is 55.8 Å². The van der Waals surface area contributed by atoms with Gasteiger partial charge in [0.2, 0.25) is 0 Å². The third-order valence-corrected chi connectivity index (χ3v) is 3.45. The van der Waals surface area contributed by atoms with Crippen LogP contribution in [0.4, 0.5) is 0 Å². The molecular weight excluding hydrogens is 304 g/mol. The van der Waals surface area contributed by atoms with Crippen LogP contribution in [-0.4, -0.2) is 23.6 Å². The minimum Gasteiger partial charge on any atom is -0.504 e. The van der Waals surface area contributed by atoms with E-state index in [1.54, 1.807) is 0 Å². The first-order valence-corrected chi connectivity index (χ1v) is 7.81. The van der Waals surface area contributed by atoms with Gasteiger partial charge in [-0.2, -0.15) is 0 Å². The molecule has 0 atom stereocenters. The van der Waals surface area contributed by atoms with Crippen LogP contribution >= 0.6 is 11.6 Å². The summed E-state index contributed by atoms with van der Waals surface area (Å²) in [7, 11) is 0. The average molecular weight is 323 g/mol. The van der Waals surface area contributed by atoms with Gasteiger partial charge in [0.05, 0.1) is 12.2 Å². The molecule has 0 unspecified atom stereocenters. The number of halogens is 1. The summed E-state index contributed by atoms with van der Waals surface area (Å²) in [5, 5.41) is 9.96. The summed E-state index contributed by atoms with van der Waals surface area (Å²) in [5.41, 5.74) is 1.36. The lowest BCUT2D eigenvalue weighted by molar-refractivity contribution is -0.133. The SMILES string of the molecule is CCCOc1ccc(CCC2=C(O)/C(=C/CCl)OC2=O)cc1. The fraction of sp³-hybridized carbons (Fsp3) is 0.353. The average Bonchev–Trinajstić information content (AvgIpc) is 2.79. The van der Waals surface area contributed by atoms with Gasteiger partial charge in [-0.1, -0.05) is 19.1 Å². The standard InChI is InChI=1S/C17H19ClO4/c1-2-11-21-13-6-3-12(4-7-13)5-8-14-16(19)15(9-10-18)22-17(14)20/h3-4,6-7,9,19H,2,5,8,10-11H2,1H3/b15-9-. The molecule has 1 aromatic rings. The maximum absolute atomic E-state index is 11.7. The highest BCUT2D eigenvalue weighted by Crippen LogP contribution is 2.27. The van der Waals surface area contributed by atoms with E-state index in [0.717, 1.165) is 17.7 Å². The Balaban J connectivity index is 1.97. The van der Waals surface area contributed by atoms with Crippen LogP contribution in [0, 0.1) is 0 Å². The number of carbonyl (C=O) groups is 1. The van der Waals surface area contributed by atoms with Crippen molar-refractivity contribution in [3.8, 4) is 5.75 Å². The van der Waals surface area contributed by atoms with Crippen molar-refractivity contribution in [3.05, 3.63) is 53.0 Å². The molecule has 1 heterocycles. The van der Waals surface area contributed by atoms with Gasteiger partial charge >= 0.3 is 5.97 Å². The number of carbonyl (C=O) groups excluding carboxylic acids is 1. The third-order valence-electron chi connectivity index (χ3n) is 3.29. The quantitative estimate of drug-likeness (QED) is 0.611. The molecule has 1 aromatic carbocycles. The third kappa shape index (κ3) is 4.04. The second kappa shape index (κ2) is 7.90. The van der Waals surface area contributed by atoms with Crippen LogP contribution < -0.4 is 4.74 Å². The lowest BCUT2D eigenvalue weighted by atomic mass is 10.0. The second-order valence-corrected chi connectivity index (χ2v) is 5.24. The van der Waals surface area contributed by atoms with Gasteiger partial charge in [0.1, 0.15) is 5.75 Å². The van der Waals surface area contributed by atoms with Crippen LogP contribution in [-0.2, 0) is 16.0 Å². The summed E-state index contributed by atoms with van der Waals surface area (Å²) < 4.78 is 10.5. The van der Waals surface area contributed by atoms with Gasteiger partial charge < -0.3 is 14.6 Å². The van der Waals surface area contributed by atoms with Gasteiger partial charge in [-0.05, 0) is 43.0 Å². The summed E-state index contributed by atoms with van der Waals surface area (Å²) in [5.74, 6) is 0.558. The zero-order chi connectivity index (χ0) is 15.9. The molecule has 4 nitrogen and oxygen atoms in total. The van der Waals surface area contributed by atoms with E-state index >= 15 is 0 Å². The predicted molar refractivity (Wildman–Crippen MR) is 85.1 cm³/mol. The van der Waals surface area contributed by atoms with Crippen molar-refractivity contribution in [3.63, 3.8) is 0 Å².